The van der Waals surface area contributed by atoms with Crippen molar-refractivity contribution < 1.29 is 19.7 Å². The van der Waals surface area contributed by atoms with Crippen LogP contribution in [0.2, 0.25) is 0 Å². The zero-order valence-electron chi connectivity index (χ0n) is 5.98. The van der Waals surface area contributed by atoms with Gasteiger partial charge in [0.25, 0.3) is 0 Å². The third-order valence-corrected chi connectivity index (χ3v) is 3.23. The number of esters is 1. The van der Waals surface area contributed by atoms with Crippen molar-refractivity contribution in [1.82, 2.24) is 0 Å². The Morgan fingerprint density at radius 2 is 2.25 bits per heavy atom. The molecule has 4 nitrogen and oxygen atoms in total. The normalized spacial score (nSPS) is 38.0. The fraction of sp³-hybridized carbons (Fsp3) is 0.833. The number of aliphatic hydroxyl groups excluding tert-OH is 2. The molecule has 1 rings (SSSR count). The maximum absolute atomic E-state index is 10.9. The molecule has 12 heavy (non-hydrogen) atoms. The van der Waals surface area contributed by atoms with Gasteiger partial charge in [-0.25, -0.2) is 0 Å². The lowest BCUT2D eigenvalue weighted by Gasteiger charge is -2.17. The average molecular weight is 304 g/mol. The van der Waals surface area contributed by atoms with Crippen molar-refractivity contribution in [3.8, 4) is 0 Å². The second kappa shape index (κ2) is 4.04. The lowest BCUT2D eigenvalue weighted by atomic mass is 10.1. The topological polar surface area (TPSA) is 66.8 Å². The molecule has 6 heteroatoms. The van der Waals surface area contributed by atoms with Gasteiger partial charge in [0.1, 0.15) is 17.0 Å². The second-order valence-corrected chi connectivity index (χ2v) is 4.15. The molecule has 0 aromatic heterocycles. The highest BCUT2D eigenvalue weighted by molar-refractivity contribution is 9.10. The highest BCUT2D eigenvalue weighted by Gasteiger charge is 2.45. The van der Waals surface area contributed by atoms with Crippen molar-refractivity contribution in [2.45, 2.75) is 23.1 Å². The monoisotopic (exact) mass is 302 g/mol. The van der Waals surface area contributed by atoms with E-state index in [-0.39, 0.29) is 5.33 Å². The Hall–Kier alpha value is 0.350. The van der Waals surface area contributed by atoms with E-state index in [0.29, 0.717) is 0 Å². The smallest absolute Gasteiger partial charge is 0.323 e. The molecule has 0 unspecified atom stereocenters. The van der Waals surface area contributed by atoms with Crippen LogP contribution in [0.15, 0.2) is 0 Å². The van der Waals surface area contributed by atoms with Crippen molar-refractivity contribution >= 4 is 37.8 Å². The molecule has 1 heterocycles. The van der Waals surface area contributed by atoms with Crippen LogP contribution in [-0.4, -0.2) is 44.7 Å². The van der Waals surface area contributed by atoms with E-state index in [1.165, 1.54) is 0 Å². The Morgan fingerprint density at radius 1 is 1.67 bits per heavy atom. The molecule has 1 saturated heterocycles. The van der Waals surface area contributed by atoms with Gasteiger partial charge in [0.2, 0.25) is 0 Å². The van der Waals surface area contributed by atoms with Gasteiger partial charge >= 0.3 is 5.97 Å². The number of carbonyl (C=O) groups excluding carboxylic acids is 1. The summed E-state index contributed by atoms with van der Waals surface area (Å²) in [4.78, 5) is 10.1. The Labute approximate surface area is 86.2 Å². The Balaban J connectivity index is 2.64. The van der Waals surface area contributed by atoms with Crippen LogP contribution in [-0.2, 0) is 9.53 Å². The summed E-state index contributed by atoms with van der Waals surface area (Å²) in [7, 11) is 0. The molecule has 70 valence electrons. The van der Waals surface area contributed by atoms with E-state index in [4.69, 9.17) is 4.74 Å². The highest BCUT2D eigenvalue weighted by Crippen LogP contribution is 2.24. The molecular weight excluding hydrogens is 296 g/mol. The molecule has 4 atom stereocenters. The minimum atomic E-state index is -0.981. The van der Waals surface area contributed by atoms with Gasteiger partial charge in [-0.15, -0.1) is 0 Å². The second-order valence-electron chi connectivity index (χ2n) is 2.52. The summed E-state index contributed by atoms with van der Waals surface area (Å²) in [5.41, 5.74) is 0. The number of hydrogen-bond donors (Lipinski definition) is 2. The van der Waals surface area contributed by atoms with Gasteiger partial charge in [-0.05, 0) is 0 Å². The number of cyclic esters (lactones) is 1. The maximum atomic E-state index is 10.9. The first-order valence-corrected chi connectivity index (χ1v) is 5.38. The van der Waals surface area contributed by atoms with Crippen molar-refractivity contribution in [1.29, 1.82) is 0 Å². The molecule has 0 amide bonds. The van der Waals surface area contributed by atoms with Crippen molar-refractivity contribution in [2.24, 2.45) is 0 Å². The first-order valence-electron chi connectivity index (χ1n) is 3.34. The Kier molecular flexibility index (Phi) is 3.51. The molecule has 0 bridgehead atoms. The molecule has 0 aliphatic carbocycles. The van der Waals surface area contributed by atoms with Crippen LogP contribution < -0.4 is 0 Å². The number of hydrogen-bond acceptors (Lipinski definition) is 4. The van der Waals surface area contributed by atoms with Gasteiger partial charge in [-0.2, -0.15) is 0 Å². The quantitative estimate of drug-likeness (QED) is 0.547. The summed E-state index contributed by atoms with van der Waals surface area (Å²) in [6.07, 6.45) is -2.68. The van der Waals surface area contributed by atoms with Crippen LogP contribution in [0.5, 0.6) is 0 Å². The van der Waals surface area contributed by atoms with E-state index in [1.54, 1.807) is 0 Å². The molecule has 0 spiro atoms. The standard InChI is InChI=1S/C6H8Br2O4/c7-1-2(9)5-4(10)3(8)6(11)12-5/h2-5,9-10H,1H2/t2-,3-,4+,5+/m0/s1. The summed E-state index contributed by atoms with van der Waals surface area (Å²) in [5, 5.41) is 18.9. The van der Waals surface area contributed by atoms with Crippen LogP contribution in [0.3, 0.4) is 0 Å². The number of ether oxygens (including phenoxy) is 1. The number of rotatable bonds is 2. The molecule has 0 radical (unpaired) electrons. The first kappa shape index (κ1) is 10.4. The van der Waals surface area contributed by atoms with E-state index in [9.17, 15) is 15.0 Å². The highest BCUT2D eigenvalue weighted by atomic mass is 79.9. The predicted octanol–water partition coefficient (Wildman–Crippen LogP) is -0.208. The summed E-state index contributed by atoms with van der Waals surface area (Å²) < 4.78 is 4.72. The summed E-state index contributed by atoms with van der Waals surface area (Å²) >= 11 is 5.98. The van der Waals surface area contributed by atoms with Gasteiger partial charge in [0.15, 0.2) is 6.10 Å². The van der Waals surface area contributed by atoms with E-state index in [1.807, 2.05) is 0 Å². The lowest BCUT2D eigenvalue weighted by molar-refractivity contribution is -0.145. The van der Waals surface area contributed by atoms with E-state index >= 15 is 0 Å². The third-order valence-electron chi connectivity index (χ3n) is 1.65. The van der Waals surface area contributed by atoms with Crippen molar-refractivity contribution in [2.75, 3.05) is 5.33 Å². The Bertz CT molecular complexity index is 186. The summed E-state index contributed by atoms with van der Waals surface area (Å²) in [6.45, 7) is 0. The molecule has 1 aliphatic rings. The first-order chi connectivity index (χ1) is 5.57. The number of alkyl halides is 2. The largest absolute Gasteiger partial charge is 0.456 e. The molecule has 0 aromatic rings. The molecule has 0 saturated carbocycles. The fourth-order valence-electron chi connectivity index (χ4n) is 0.969. The lowest BCUT2D eigenvalue weighted by Crippen LogP contribution is -2.37. The number of carbonyl (C=O) groups is 1. The summed E-state index contributed by atoms with van der Waals surface area (Å²) in [6, 6.07) is 0. The van der Waals surface area contributed by atoms with E-state index < -0.39 is 29.1 Å². The SMILES string of the molecule is O=C1O[C@H]([C@@H](O)CBr)[C@H](O)[C@@H]1Br. The molecular formula is C6H8Br2O4. The van der Waals surface area contributed by atoms with Gasteiger partial charge in [0.05, 0.1) is 0 Å². The zero-order valence-corrected chi connectivity index (χ0v) is 9.16. The fourth-order valence-corrected chi connectivity index (χ4v) is 1.75. The third kappa shape index (κ3) is 1.81. The number of aliphatic hydroxyl groups is 2. The average Bonchev–Trinajstić information content (AvgIpc) is 2.32. The van der Waals surface area contributed by atoms with E-state index in [2.05, 4.69) is 31.9 Å². The van der Waals surface area contributed by atoms with Crippen LogP contribution in [0.25, 0.3) is 0 Å². The maximum Gasteiger partial charge on any atom is 0.323 e. The molecule has 1 aliphatic heterocycles. The molecule has 1 fully saturated rings. The van der Waals surface area contributed by atoms with Gasteiger partial charge in [-0.3, -0.25) is 4.79 Å². The Morgan fingerprint density at radius 3 is 2.58 bits per heavy atom. The van der Waals surface area contributed by atoms with E-state index in [0.717, 1.165) is 0 Å². The zero-order chi connectivity index (χ0) is 9.30. The minimum absolute atomic E-state index is 0.266. The van der Waals surface area contributed by atoms with Crippen molar-refractivity contribution in [3.63, 3.8) is 0 Å². The molecule has 0 aromatic carbocycles. The van der Waals surface area contributed by atoms with Crippen molar-refractivity contribution in [3.05, 3.63) is 0 Å². The predicted molar refractivity (Wildman–Crippen MR) is 48.4 cm³/mol. The van der Waals surface area contributed by atoms with Crippen LogP contribution in [0.4, 0.5) is 0 Å². The van der Waals surface area contributed by atoms with Crippen LogP contribution >= 0.6 is 31.9 Å². The van der Waals surface area contributed by atoms with Gasteiger partial charge in [-0.1, -0.05) is 31.9 Å². The minimum Gasteiger partial charge on any atom is -0.456 e. The summed E-state index contributed by atoms with van der Waals surface area (Å²) in [5.74, 6) is -0.535. The molecule has 2 N–H and O–H groups in total. The van der Waals surface area contributed by atoms with Crippen LogP contribution in [0, 0.1) is 0 Å². The van der Waals surface area contributed by atoms with Crippen LogP contribution in [0.1, 0.15) is 0 Å². The van der Waals surface area contributed by atoms with Gasteiger partial charge < -0.3 is 14.9 Å². The van der Waals surface area contributed by atoms with Gasteiger partial charge in [0, 0.05) is 5.33 Å². The number of halogens is 2.